The molecule has 3 aromatic rings. The van der Waals surface area contributed by atoms with Gasteiger partial charge < -0.3 is 9.47 Å². The average Bonchev–Trinajstić information content (AvgIpc) is 3.08. The van der Waals surface area contributed by atoms with E-state index in [1.807, 2.05) is 0 Å². The Balaban J connectivity index is 1.74. The number of ether oxygens (including phenoxy) is 2. The molecular formula is C19H22ClN7O4S. The Morgan fingerprint density at radius 2 is 1.97 bits per heavy atom. The molecule has 1 aliphatic carbocycles. The fourth-order valence-electron chi connectivity index (χ4n) is 2.96. The van der Waals surface area contributed by atoms with Crippen molar-refractivity contribution in [2.24, 2.45) is 0 Å². The van der Waals surface area contributed by atoms with Crippen LogP contribution in [0.15, 0.2) is 30.6 Å². The zero-order valence-electron chi connectivity index (χ0n) is 21.2. The summed E-state index contributed by atoms with van der Waals surface area (Å²) in [7, 11) is -1.56. The number of rotatable bonds is 9. The SMILES string of the molecule is [2H]C1([2H])C(n2c(NS(=O)(=O)[C@@H](C)[C@H](OC)c3ncc(Cl)cn3)nnc2-c2cccc(OC)n2)C1([2H])[2H]. The number of nitrogens with zero attached hydrogens (tertiary/aromatic N) is 6. The lowest BCUT2D eigenvalue weighted by Gasteiger charge is -2.22. The second-order valence-corrected chi connectivity index (χ2v) is 9.22. The minimum Gasteiger partial charge on any atom is -0.481 e. The van der Waals surface area contributed by atoms with Gasteiger partial charge in [-0.05, 0) is 25.7 Å². The standard InChI is InChI=1S/C19H22ClN7O4S/c1-11(16(31-3)17-21-9-12(20)10-22-17)32(28,29)26-19-25-24-18(27(19)13-7-8-13)14-5-4-6-15(23-14)30-2/h4-6,9-11,13,16H,7-8H2,1-3H3,(H,25,26)/t11-,16-/m0/s1/i7D2,8D2. The molecule has 0 radical (unpaired) electrons. The Bertz CT molecular complexity index is 1360. The van der Waals surface area contributed by atoms with Gasteiger partial charge >= 0.3 is 0 Å². The third kappa shape index (κ3) is 4.52. The summed E-state index contributed by atoms with van der Waals surface area (Å²) in [5.74, 6) is -0.120. The van der Waals surface area contributed by atoms with Gasteiger partial charge in [0.25, 0.3) is 0 Å². The molecule has 0 bridgehead atoms. The molecule has 4 rings (SSSR count). The number of anilines is 1. The van der Waals surface area contributed by atoms with Crippen molar-refractivity contribution in [1.29, 1.82) is 0 Å². The van der Waals surface area contributed by atoms with Crippen molar-refractivity contribution >= 4 is 27.6 Å². The van der Waals surface area contributed by atoms with Crippen molar-refractivity contribution in [2.45, 2.75) is 37.1 Å². The van der Waals surface area contributed by atoms with Crippen LogP contribution in [0.3, 0.4) is 0 Å². The van der Waals surface area contributed by atoms with Crippen LogP contribution < -0.4 is 9.46 Å². The normalized spacial score (nSPS) is 20.9. The van der Waals surface area contributed by atoms with E-state index in [9.17, 15) is 8.42 Å². The average molecular weight is 484 g/mol. The highest BCUT2D eigenvalue weighted by molar-refractivity contribution is 7.93. The Hall–Kier alpha value is -2.83. The predicted molar refractivity (Wildman–Crippen MR) is 117 cm³/mol. The van der Waals surface area contributed by atoms with E-state index >= 15 is 0 Å². The molecular weight excluding hydrogens is 458 g/mol. The molecule has 13 heteroatoms. The van der Waals surface area contributed by atoms with Crippen molar-refractivity contribution in [1.82, 2.24) is 29.7 Å². The van der Waals surface area contributed by atoms with E-state index in [0.717, 1.165) is 4.57 Å². The van der Waals surface area contributed by atoms with Gasteiger partial charge in [-0.2, -0.15) is 0 Å². The summed E-state index contributed by atoms with van der Waals surface area (Å²) >= 11 is 5.82. The molecule has 3 aromatic heterocycles. The quantitative estimate of drug-likeness (QED) is 0.487. The molecule has 0 aromatic carbocycles. The first-order valence-corrected chi connectivity index (χ1v) is 11.3. The fourth-order valence-corrected chi connectivity index (χ4v) is 4.19. The van der Waals surface area contributed by atoms with Crippen LogP contribution >= 0.6 is 11.6 Å². The molecule has 32 heavy (non-hydrogen) atoms. The van der Waals surface area contributed by atoms with Crippen LogP contribution in [0.5, 0.6) is 5.88 Å². The molecule has 0 saturated heterocycles. The summed E-state index contributed by atoms with van der Waals surface area (Å²) in [6.45, 7) is 1.37. The van der Waals surface area contributed by atoms with Gasteiger partial charge in [-0.15, -0.1) is 10.2 Å². The maximum atomic E-state index is 13.3. The number of hydrogen-bond acceptors (Lipinski definition) is 9. The maximum Gasteiger partial charge on any atom is 0.240 e. The van der Waals surface area contributed by atoms with Crippen molar-refractivity contribution in [3.63, 3.8) is 0 Å². The van der Waals surface area contributed by atoms with E-state index in [-0.39, 0.29) is 34.2 Å². The minimum absolute atomic E-state index is 0.0428. The number of halogens is 1. The van der Waals surface area contributed by atoms with Crippen LogP contribution in [0.25, 0.3) is 11.5 Å². The highest BCUT2D eigenvalue weighted by Crippen LogP contribution is 2.40. The van der Waals surface area contributed by atoms with Crippen LogP contribution in [-0.2, 0) is 14.8 Å². The van der Waals surface area contributed by atoms with Crippen molar-refractivity contribution in [2.75, 3.05) is 18.9 Å². The Kier molecular flexibility index (Phi) is 4.96. The van der Waals surface area contributed by atoms with E-state index in [2.05, 4.69) is 29.9 Å². The molecule has 2 atom stereocenters. The second kappa shape index (κ2) is 8.96. The van der Waals surface area contributed by atoms with E-state index in [0.29, 0.717) is 0 Å². The number of nitrogens with one attached hydrogen (secondary N) is 1. The summed E-state index contributed by atoms with van der Waals surface area (Å²) in [6, 6.07) is 3.30. The van der Waals surface area contributed by atoms with Crippen LogP contribution in [-0.4, -0.2) is 57.6 Å². The van der Waals surface area contributed by atoms with Gasteiger partial charge in [-0.3, -0.25) is 9.29 Å². The van der Waals surface area contributed by atoms with Crippen molar-refractivity contribution in [3.8, 4) is 17.4 Å². The summed E-state index contributed by atoms with van der Waals surface area (Å²) in [5, 5.41) is 6.91. The van der Waals surface area contributed by atoms with Crippen LogP contribution in [0, 0.1) is 0 Å². The van der Waals surface area contributed by atoms with E-state index in [4.69, 9.17) is 26.6 Å². The Labute approximate surface area is 195 Å². The Morgan fingerprint density at radius 1 is 1.25 bits per heavy atom. The summed E-state index contributed by atoms with van der Waals surface area (Å²) < 4.78 is 72.9. The van der Waals surface area contributed by atoms with Gasteiger partial charge in [-0.25, -0.2) is 23.4 Å². The van der Waals surface area contributed by atoms with Crippen molar-refractivity contribution in [3.05, 3.63) is 41.4 Å². The zero-order chi connectivity index (χ0) is 26.5. The molecule has 11 nitrogen and oxygen atoms in total. The van der Waals surface area contributed by atoms with Gasteiger partial charge in [0.2, 0.25) is 21.9 Å². The van der Waals surface area contributed by atoms with Crippen LogP contribution in [0.1, 0.15) is 43.1 Å². The molecule has 0 aliphatic heterocycles. The summed E-state index contributed by atoms with van der Waals surface area (Å²) in [5.41, 5.74) is 0.183. The molecule has 1 saturated carbocycles. The monoisotopic (exact) mass is 483 g/mol. The zero-order valence-corrected chi connectivity index (χ0v) is 18.8. The molecule has 0 spiro atoms. The molecule has 1 N–H and O–H groups in total. The third-order valence-corrected chi connectivity index (χ3v) is 6.58. The van der Waals surface area contributed by atoms with Crippen molar-refractivity contribution < 1.29 is 23.4 Å². The first kappa shape index (κ1) is 17.7. The fraction of sp³-hybridized carbons (Fsp3) is 0.421. The van der Waals surface area contributed by atoms with Crippen LogP contribution in [0.4, 0.5) is 5.95 Å². The smallest absolute Gasteiger partial charge is 0.240 e. The van der Waals surface area contributed by atoms with Gasteiger partial charge in [0.05, 0.1) is 12.1 Å². The van der Waals surface area contributed by atoms with E-state index in [1.54, 1.807) is 12.1 Å². The maximum absolute atomic E-state index is 13.3. The number of aromatic nitrogens is 6. The third-order valence-electron chi connectivity index (χ3n) is 4.69. The first-order chi connectivity index (χ1) is 16.8. The molecule has 170 valence electrons. The molecule has 0 unspecified atom stereocenters. The van der Waals surface area contributed by atoms with E-state index < -0.39 is 40.2 Å². The number of sulfonamides is 1. The molecule has 0 amide bonds. The highest BCUT2D eigenvalue weighted by Gasteiger charge is 2.36. The van der Waals surface area contributed by atoms with Gasteiger partial charge in [0.15, 0.2) is 11.6 Å². The number of pyridine rings is 1. The second-order valence-electron chi connectivity index (χ2n) is 6.74. The lowest BCUT2D eigenvalue weighted by Crippen LogP contribution is -2.33. The lowest BCUT2D eigenvalue weighted by atomic mass is 10.2. The summed E-state index contributed by atoms with van der Waals surface area (Å²) in [4.78, 5) is 12.3. The Morgan fingerprint density at radius 3 is 2.59 bits per heavy atom. The molecule has 1 aliphatic rings. The van der Waals surface area contributed by atoms with E-state index in [1.165, 1.54) is 39.6 Å². The lowest BCUT2D eigenvalue weighted by molar-refractivity contribution is 0.0950. The van der Waals surface area contributed by atoms with Gasteiger partial charge in [0, 0.05) is 37.1 Å². The first-order valence-electron chi connectivity index (χ1n) is 11.3. The minimum atomic E-state index is -4.27. The molecule has 1 fully saturated rings. The van der Waals surface area contributed by atoms with Crippen LogP contribution in [0.2, 0.25) is 5.02 Å². The number of methoxy groups -OCH3 is 2. The van der Waals surface area contributed by atoms with Gasteiger partial charge in [-0.1, -0.05) is 17.7 Å². The predicted octanol–water partition coefficient (Wildman–Crippen LogP) is 2.64. The largest absolute Gasteiger partial charge is 0.481 e. The highest BCUT2D eigenvalue weighted by atomic mass is 35.5. The van der Waals surface area contributed by atoms with Gasteiger partial charge in [0.1, 0.15) is 17.0 Å². The summed E-state index contributed by atoms with van der Waals surface area (Å²) in [6.07, 6.45) is -3.11. The number of hydrogen-bond donors (Lipinski definition) is 1. The topological polar surface area (TPSA) is 134 Å². The molecule has 3 heterocycles.